The Kier molecular flexibility index (Phi) is 5.16. The van der Waals surface area contributed by atoms with Crippen LogP contribution in [0.2, 0.25) is 0 Å². The summed E-state index contributed by atoms with van der Waals surface area (Å²) in [5.41, 5.74) is 0.00540. The molecule has 0 unspecified atom stereocenters. The third kappa shape index (κ3) is 4.45. The second-order valence-corrected chi connectivity index (χ2v) is 5.09. The summed E-state index contributed by atoms with van der Waals surface area (Å²) in [5.74, 6) is 0. The highest BCUT2D eigenvalue weighted by atomic mass is 16.6. The highest BCUT2D eigenvalue weighted by molar-refractivity contribution is 6.61. The van der Waals surface area contributed by atoms with Crippen LogP contribution in [0.4, 0.5) is 10.5 Å². The van der Waals surface area contributed by atoms with Gasteiger partial charge >= 0.3 is 13.2 Å². The fourth-order valence-corrected chi connectivity index (χ4v) is 2.41. The molecule has 1 aliphatic carbocycles. The molecule has 2 rings (SSSR count). The van der Waals surface area contributed by atoms with E-state index in [-0.39, 0.29) is 17.2 Å². The van der Waals surface area contributed by atoms with Gasteiger partial charge in [0.2, 0.25) is 0 Å². The summed E-state index contributed by atoms with van der Waals surface area (Å²) in [6.45, 7) is 0. The van der Waals surface area contributed by atoms with Gasteiger partial charge in [-0.1, -0.05) is 31.4 Å². The molecule has 1 aromatic carbocycles. The van der Waals surface area contributed by atoms with Crippen molar-refractivity contribution in [1.29, 1.82) is 0 Å². The molecule has 0 spiro atoms. The average Bonchev–Trinajstić information content (AvgIpc) is 2.48. The zero-order valence-electron chi connectivity index (χ0n) is 11.5. The SMILES string of the molecule is O=C(NC1CCCCC1)OB(O)c1cccc([N+](=O)[O-])c1. The third-order valence-corrected chi connectivity index (χ3v) is 3.51. The smallest absolute Gasteiger partial charge is 0.489 e. The van der Waals surface area contributed by atoms with E-state index in [2.05, 4.69) is 5.32 Å². The molecule has 0 saturated heterocycles. The van der Waals surface area contributed by atoms with Gasteiger partial charge in [0.25, 0.3) is 5.69 Å². The molecule has 7 nitrogen and oxygen atoms in total. The molecule has 2 N–H and O–H groups in total. The Morgan fingerprint density at radius 1 is 1.38 bits per heavy atom. The minimum absolute atomic E-state index is 0.0727. The van der Waals surface area contributed by atoms with Gasteiger partial charge in [-0.15, -0.1) is 0 Å². The van der Waals surface area contributed by atoms with Crippen LogP contribution < -0.4 is 10.8 Å². The van der Waals surface area contributed by atoms with Crippen molar-refractivity contribution >= 4 is 24.4 Å². The molecule has 0 radical (unpaired) electrons. The Bertz CT molecular complexity index is 519. The molecule has 0 bridgehead atoms. The first-order valence-corrected chi connectivity index (χ1v) is 6.96. The number of non-ortho nitro benzene ring substituents is 1. The summed E-state index contributed by atoms with van der Waals surface area (Å²) in [6.07, 6.45) is 4.41. The number of benzene rings is 1. The van der Waals surface area contributed by atoms with Gasteiger partial charge in [0.05, 0.1) is 4.92 Å². The predicted octanol–water partition coefficient (Wildman–Crippen LogP) is 1.34. The van der Waals surface area contributed by atoms with Crippen LogP contribution in [-0.4, -0.2) is 29.2 Å². The zero-order chi connectivity index (χ0) is 15.2. The third-order valence-electron chi connectivity index (χ3n) is 3.51. The molecule has 1 saturated carbocycles. The summed E-state index contributed by atoms with van der Waals surface area (Å²) < 4.78 is 4.86. The Morgan fingerprint density at radius 3 is 2.76 bits per heavy atom. The molecule has 1 aliphatic rings. The standard InChI is InChI=1S/C13H17BN2O5/c17-13(15-11-6-2-1-3-7-11)21-14(18)10-5-4-8-12(9-10)16(19)20/h4-5,8-9,11,18H,1-3,6-7H2,(H,15,17). The molecule has 1 amide bonds. The van der Waals surface area contributed by atoms with E-state index >= 15 is 0 Å². The number of carbonyl (C=O) groups is 1. The summed E-state index contributed by atoms with van der Waals surface area (Å²) in [6, 6.07) is 5.45. The van der Waals surface area contributed by atoms with E-state index in [4.69, 9.17) is 4.65 Å². The van der Waals surface area contributed by atoms with Crippen molar-refractivity contribution in [3.63, 3.8) is 0 Å². The van der Waals surface area contributed by atoms with Crippen molar-refractivity contribution in [3.8, 4) is 0 Å². The lowest BCUT2D eigenvalue weighted by atomic mass is 9.79. The lowest BCUT2D eigenvalue weighted by Crippen LogP contribution is -2.43. The van der Waals surface area contributed by atoms with E-state index in [1.54, 1.807) is 0 Å². The maximum absolute atomic E-state index is 11.7. The summed E-state index contributed by atoms with van der Waals surface area (Å²) in [7, 11) is -1.52. The van der Waals surface area contributed by atoms with Crippen molar-refractivity contribution < 1.29 is 19.4 Å². The topological polar surface area (TPSA) is 102 Å². The molecule has 0 aliphatic heterocycles. The minimum Gasteiger partial charge on any atom is -0.489 e. The largest absolute Gasteiger partial charge is 0.563 e. The Hall–Kier alpha value is -2.09. The first-order valence-electron chi connectivity index (χ1n) is 6.96. The molecular formula is C13H17BN2O5. The van der Waals surface area contributed by atoms with Crippen molar-refractivity contribution in [2.45, 2.75) is 38.1 Å². The van der Waals surface area contributed by atoms with E-state index in [9.17, 15) is 19.9 Å². The first-order chi connectivity index (χ1) is 10.1. The number of hydrogen-bond acceptors (Lipinski definition) is 5. The molecule has 0 atom stereocenters. The van der Waals surface area contributed by atoms with Crippen LogP contribution in [-0.2, 0) is 4.65 Å². The van der Waals surface area contributed by atoms with Gasteiger partial charge in [-0.2, -0.15) is 0 Å². The van der Waals surface area contributed by atoms with E-state index in [1.807, 2.05) is 0 Å². The van der Waals surface area contributed by atoms with E-state index < -0.39 is 18.1 Å². The number of nitro benzene ring substituents is 1. The molecule has 21 heavy (non-hydrogen) atoms. The van der Waals surface area contributed by atoms with Crippen LogP contribution in [0.15, 0.2) is 24.3 Å². The first kappa shape index (κ1) is 15.3. The van der Waals surface area contributed by atoms with E-state index in [0.717, 1.165) is 25.7 Å². The van der Waals surface area contributed by atoms with Crippen molar-refractivity contribution in [3.05, 3.63) is 34.4 Å². The van der Waals surface area contributed by atoms with Gasteiger partial charge in [0.15, 0.2) is 0 Å². The van der Waals surface area contributed by atoms with Gasteiger partial charge in [0, 0.05) is 23.6 Å². The quantitative estimate of drug-likeness (QED) is 0.495. The summed E-state index contributed by atoms with van der Waals surface area (Å²) >= 11 is 0. The van der Waals surface area contributed by atoms with Crippen molar-refractivity contribution in [1.82, 2.24) is 5.32 Å². The lowest BCUT2D eigenvalue weighted by molar-refractivity contribution is -0.384. The van der Waals surface area contributed by atoms with E-state index in [0.29, 0.717) is 0 Å². The number of hydrogen-bond donors (Lipinski definition) is 2. The summed E-state index contributed by atoms with van der Waals surface area (Å²) in [4.78, 5) is 21.8. The molecule has 0 heterocycles. The number of nitro groups is 1. The maximum Gasteiger partial charge on any atom is 0.563 e. The van der Waals surface area contributed by atoms with Gasteiger partial charge in [0.1, 0.15) is 0 Å². The Balaban J connectivity index is 1.90. The number of carbonyl (C=O) groups excluding carboxylic acids is 1. The minimum atomic E-state index is -1.52. The molecule has 0 aromatic heterocycles. The predicted molar refractivity (Wildman–Crippen MR) is 77.2 cm³/mol. The summed E-state index contributed by atoms with van der Waals surface area (Å²) in [5, 5.41) is 23.2. The average molecular weight is 292 g/mol. The van der Waals surface area contributed by atoms with Crippen LogP contribution >= 0.6 is 0 Å². The van der Waals surface area contributed by atoms with Crippen LogP contribution in [0.1, 0.15) is 32.1 Å². The maximum atomic E-state index is 11.7. The van der Waals surface area contributed by atoms with Crippen LogP contribution in [0.3, 0.4) is 0 Å². The number of amides is 1. The van der Waals surface area contributed by atoms with Crippen LogP contribution in [0, 0.1) is 10.1 Å². The highest BCUT2D eigenvalue weighted by Crippen LogP contribution is 2.17. The molecule has 8 heteroatoms. The van der Waals surface area contributed by atoms with Gasteiger partial charge in [-0.05, 0) is 12.8 Å². The highest BCUT2D eigenvalue weighted by Gasteiger charge is 2.25. The van der Waals surface area contributed by atoms with Gasteiger partial charge < -0.3 is 15.0 Å². The number of nitrogens with one attached hydrogen (secondary N) is 1. The van der Waals surface area contributed by atoms with Crippen molar-refractivity contribution in [2.75, 3.05) is 0 Å². The van der Waals surface area contributed by atoms with Crippen LogP contribution in [0.25, 0.3) is 0 Å². The second-order valence-electron chi connectivity index (χ2n) is 5.09. The molecule has 1 fully saturated rings. The number of nitrogens with zero attached hydrogens (tertiary/aromatic N) is 1. The van der Waals surface area contributed by atoms with Gasteiger partial charge in [-0.3, -0.25) is 10.1 Å². The molecular weight excluding hydrogens is 275 g/mol. The molecule has 1 aromatic rings. The fourth-order valence-electron chi connectivity index (χ4n) is 2.41. The Morgan fingerprint density at radius 2 is 2.10 bits per heavy atom. The molecule has 112 valence electrons. The fraction of sp³-hybridized carbons (Fsp3) is 0.462. The van der Waals surface area contributed by atoms with E-state index in [1.165, 1.54) is 30.7 Å². The lowest BCUT2D eigenvalue weighted by Gasteiger charge is -2.22. The van der Waals surface area contributed by atoms with Gasteiger partial charge in [-0.25, -0.2) is 4.79 Å². The normalized spacial score (nSPS) is 15.3. The Labute approximate surface area is 122 Å². The van der Waals surface area contributed by atoms with Crippen LogP contribution in [0.5, 0.6) is 0 Å². The second kappa shape index (κ2) is 7.08. The monoisotopic (exact) mass is 292 g/mol. The number of rotatable bonds is 4. The van der Waals surface area contributed by atoms with Crippen molar-refractivity contribution in [2.24, 2.45) is 0 Å². The zero-order valence-corrected chi connectivity index (χ0v) is 11.5.